The lowest BCUT2D eigenvalue weighted by Gasteiger charge is -2.22. The van der Waals surface area contributed by atoms with Crippen LogP contribution in [0, 0.1) is 0 Å². The van der Waals surface area contributed by atoms with Crippen molar-refractivity contribution < 1.29 is 9.59 Å². The summed E-state index contributed by atoms with van der Waals surface area (Å²) in [5, 5.41) is 10.1. The van der Waals surface area contributed by atoms with Gasteiger partial charge >= 0.3 is 0 Å². The third kappa shape index (κ3) is 3.95. The number of hydrogen-bond donors (Lipinski definition) is 2. The molecule has 0 radical (unpaired) electrons. The van der Waals surface area contributed by atoms with Gasteiger partial charge in [-0.15, -0.1) is 0 Å². The summed E-state index contributed by atoms with van der Waals surface area (Å²) in [5.74, 6) is 0.184. The van der Waals surface area contributed by atoms with Crippen LogP contribution in [0.4, 0.5) is 0 Å². The molecular formula is C20H26N4O2. The summed E-state index contributed by atoms with van der Waals surface area (Å²) in [4.78, 5) is 24.3. The molecule has 6 heteroatoms. The Balaban J connectivity index is 1.72. The normalized spacial score (nSPS) is 14.2. The molecule has 3 rings (SSSR count). The smallest absolute Gasteiger partial charge is 0.272 e. The maximum atomic E-state index is 12.6. The fourth-order valence-electron chi connectivity index (χ4n) is 2.95. The van der Waals surface area contributed by atoms with Crippen LogP contribution in [0.3, 0.4) is 0 Å². The minimum atomic E-state index is -0.194. The first-order chi connectivity index (χ1) is 12.3. The summed E-state index contributed by atoms with van der Waals surface area (Å²) in [6.45, 7) is 6.64. The number of hydrogen-bond acceptors (Lipinski definition) is 3. The van der Waals surface area contributed by atoms with Crippen molar-refractivity contribution in [2.75, 3.05) is 7.05 Å². The van der Waals surface area contributed by atoms with Gasteiger partial charge in [0.1, 0.15) is 5.69 Å². The third-order valence-corrected chi connectivity index (χ3v) is 4.47. The first-order valence-corrected chi connectivity index (χ1v) is 8.99. The molecule has 1 aliphatic carbocycles. The molecule has 0 bridgehead atoms. The van der Waals surface area contributed by atoms with Gasteiger partial charge in [-0.1, -0.05) is 12.1 Å². The van der Waals surface area contributed by atoms with E-state index in [4.69, 9.17) is 0 Å². The Bertz CT molecular complexity index is 829. The number of nitrogens with zero attached hydrogens (tertiary/aromatic N) is 2. The number of rotatable bonds is 5. The van der Waals surface area contributed by atoms with Crippen LogP contribution in [0.25, 0.3) is 0 Å². The van der Waals surface area contributed by atoms with Gasteiger partial charge in [-0.3, -0.25) is 14.3 Å². The quantitative estimate of drug-likeness (QED) is 0.867. The summed E-state index contributed by atoms with van der Waals surface area (Å²) in [7, 11) is 1.60. The van der Waals surface area contributed by atoms with Crippen LogP contribution < -0.4 is 10.6 Å². The largest absolute Gasteiger partial charge is 0.355 e. The Morgan fingerprint density at radius 1 is 1.19 bits per heavy atom. The maximum absolute atomic E-state index is 12.6. The highest BCUT2D eigenvalue weighted by atomic mass is 16.2. The van der Waals surface area contributed by atoms with Crippen molar-refractivity contribution in [1.82, 2.24) is 20.4 Å². The maximum Gasteiger partial charge on any atom is 0.272 e. The SMILES string of the molecule is CNC(=O)c1cccc(CNC(=O)c2cc(C3CC3)n(C(C)(C)C)n2)c1. The lowest BCUT2D eigenvalue weighted by Crippen LogP contribution is -2.27. The number of carbonyl (C=O) groups excluding carboxylic acids is 2. The van der Waals surface area contributed by atoms with Crippen molar-refractivity contribution in [2.24, 2.45) is 0 Å². The zero-order valence-electron chi connectivity index (χ0n) is 15.8. The minimum Gasteiger partial charge on any atom is -0.355 e. The fourth-order valence-corrected chi connectivity index (χ4v) is 2.95. The number of nitrogens with one attached hydrogen (secondary N) is 2. The minimum absolute atomic E-state index is 0.142. The van der Waals surface area contributed by atoms with Crippen molar-refractivity contribution >= 4 is 11.8 Å². The zero-order chi connectivity index (χ0) is 18.9. The molecular weight excluding hydrogens is 328 g/mol. The van der Waals surface area contributed by atoms with Crippen molar-refractivity contribution in [1.29, 1.82) is 0 Å². The summed E-state index contributed by atoms with van der Waals surface area (Å²) in [6, 6.07) is 9.14. The highest BCUT2D eigenvalue weighted by Crippen LogP contribution is 2.41. The molecule has 1 fully saturated rings. The number of carbonyl (C=O) groups is 2. The van der Waals surface area contributed by atoms with E-state index < -0.39 is 0 Å². The second kappa shape index (κ2) is 6.94. The average molecular weight is 354 g/mol. The van der Waals surface area contributed by atoms with Crippen LogP contribution in [-0.2, 0) is 12.1 Å². The number of benzene rings is 1. The molecule has 1 saturated carbocycles. The standard InChI is InChI=1S/C20H26N4O2/c1-20(2,3)24-17(14-8-9-14)11-16(23-24)19(26)22-12-13-6-5-7-15(10-13)18(25)21-4/h5-7,10-11,14H,8-9,12H2,1-4H3,(H,21,25)(H,22,26). The van der Waals surface area contributed by atoms with Gasteiger partial charge in [-0.2, -0.15) is 5.10 Å². The molecule has 0 aliphatic heterocycles. The fraction of sp³-hybridized carbons (Fsp3) is 0.450. The molecule has 1 aromatic carbocycles. The summed E-state index contributed by atoms with van der Waals surface area (Å²) >= 11 is 0. The molecule has 138 valence electrons. The van der Waals surface area contributed by atoms with Crippen molar-refractivity contribution in [2.45, 2.75) is 51.6 Å². The summed E-state index contributed by atoms with van der Waals surface area (Å²) in [5.41, 5.74) is 2.89. The van der Waals surface area contributed by atoms with E-state index in [-0.39, 0.29) is 17.4 Å². The first-order valence-electron chi connectivity index (χ1n) is 8.99. The highest BCUT2D eigenvalue weighted by Gasteiger charge is 2.32. The summed E-state index contributed by atoms with van der Waals surface area (Å²) < 4.78 is 1.98. The van der Waals surface area contributed by atoms with E-state index in [1.165, 1.54) is 0 Å². The lowest BCUT2D eigenvalue weighted by atomic mass is 10.1. The summed E-state index contributed by atoms with van der Waals surface area (Å²) in [6.07, 6.45) is 2.32. The van der Waals surface area contributed by atoms with Crippen LogP contribution in [-0.4, -0.2) is 28.6 Å². The Labute approximate surface area is 154 Å². The van der Waals surface area contributed by atoms with E-state index in [0.29, 0.717) is 23.7 Å². The van der Waals surface area contributed by atoms with Gasteiger partial charge in [0.05, 0.1) is 5.54 Å². The second-order valence-corrected chi connectivity index (χ2v) is 7.77. The third-order valence-electron chi connectivity index (χ3n) is 4.47. The molecule has 2 N–H and O–H groups in total. The van der Waals surface area contributed by atoms with E-state index in [0.717, 1.165) is 24.1 Å². The molecule has 2 aromatic rings. The van der Waals surface area contributed by atoms with Gasteiger partial charge in [0.25, 0.3) is 11.8 Å². The molecule has 26 heavy (non-hydrogen) atoms. The topological polar surface area (TPSA) is 76.0 Å². The van der Waals surface area contributed by atoms with Gasteiger partial charge in [-0.25, -0.2) is 0 Å². The molecule has 0 atom stereocenters. The predicted molar refractivity (Wildman–Crippen MR) is 100 cm³/mol. The van der Waals surface area contributed by atoms with Crippen LogP contribution in [0.1, 0.15) is 71.6 Å². The van der Waals surface area contributed by atoms with Crippen LogP contribution in [0.2, 0.25) is 0 Å². The van der Waals surface area contributed by atoms with Gasteiger partial charge in [0, 0.05) is 30.8 Å². The van der Waals surface area contributed by atoms with Gasteiger partial charge in [0.2, 0.25) is 0 Å². The van der Waals surface area contributed by atoms with Gasteiger partial charge in [-0.05, 0) is 57.4 Å². The van der Waals surface area contributed by atoms with Crippen molar-refractivity contribution in [3.05, 3.63) is 52.8 Å². The monoisotopic (exact) mass is 354 g/mol. The van der Waals surface area contributed by atoms with Crippen LogP contribution in [0.5, 0.6) is 0 Å². The van der Waals surface area contributed by atoms with E-state index in [1.807, 2.05) is 22.9 Å². The molecule has 0 spiro atoms. The predicted octanol–water partition coefficient (Wildman–Crippen LogP) is 2.81. The Morgan fingerprint density at radius 2 is 1.92 bits per heavy atom. The van der Waals surface area contributed by atoms with E-state index in [9.17, 15) is 9.59 Å². The molecule has 6 nitrogen and oxygen atoms in total. The Kier molecular flexibility index (Phi) is 4.85. The molecule has 1 aromatic heterocycles. The average Bonchev–Trinajstić information content (AvgIpc) is 3.36. The van der Waals surface area contributed by atoms with Crippen molar-refractivity contribution in [3.8, 4) is 0 Å². The van der Waals surface area contributed by atoms with E-state index in [1.54, 1.807) is 19.2 Å². The molecule has 0 unspecified atom stereocenters. The lowest BCUT2D eigenvalue weighted by molar-refractivity contribution is 0.0942. The number of amides is 2. The number of aromatic nitrogens is 2. The highest BCUT2D eigenvalue weighted by molar-refractivity contribution is 5.94. The molecule has 0 saturated heterocycles. The van der Waals surface area contributed by atoms with Gasteiger partial charge < -0.3 is 10.6 Å². The molecule has 1 heterocycles. The van der Waals surface area contributed by atoms with Crippen molar-refractivity contribution in [3.63, 3.8) is 0 Å². The zero-order valence-corrected chi connectivity index (χ0v) is 15.8. The van der Waals surface area contributed by atoms with Crippen LogP contribution >= 0.6 is 0 Å². The molecule has 2 amide bonds. The van der Waals surface area contributed by atoms with E-state index in [2.05, 4.69) is 36.5 Å². The van der Waals surface area contributed by atoms with Gasteiger partial charge in [0.15, 0.2) is 0 Å². The first kappa shape index (κ1) is 18.2. The molecule has 1 aliphatic rings. The van der Waals surface area contributed by atoms with Crippen LogP contribution in [0.15, 0.2) is 30.3 Å². The Hall–Kier alpha value is -2.63. The Morgan fingerprint density at radius 3 is 2.54 bits per heavy atom. The van der Waals surface area contributed by atoms with E-state index >= 15 is 0 Å². The second-order valence-electron chi connectivity index (χ2n) is 7.77.